The van der Waals surface area contributed by atoms with Crippen molar-refractivity contribution in [1.29, 1.82) is 5.41 Å². The van der Waals surface area contributed by atoms with Crippen molar-refractivity contribution in [3.63, 3.8) is 0 Å². The van der Waals surface area contributed by atoms with Gasteiger partial charge in [-0.2, -0.15) is 0 Å². The lowest BCUT2D eigenvalue weighted by Crippen LogP contribution is -2.31. The van der Waals surface area contributed by atoms with E-state index >= 15 is 0 Å². The molecule has 0 aliphatic rings. The number of nitrogens with one attached hydrogen (secondary N) is 2. The molecule has 0 spiro atoms. The molecule has 0 heterocycles. The van der Waals surface area contributed by atoms with E-state index in [0.717, 1.165) is 17.7 Å². The topological polar surface area (TPSA) is 107 Å². The number of amidine groups is 1. The minimum atomic E-state index is -1.49. The quantitative estimate of drug-likeness (QED) is 0.301. The Bertz CT molecular complexity index is 1150. The molecular weight excluding hydrogens is 444 g/mol. The summed E-state index contributed by atoms with van der Waals surface area (Å²) in [7, 11) is 1.49. The van der Waals surface area contributed by atoms with Gasteiger partial charge in [-0.25, -0.2) is 8.78 Å². The summed E-state index contributed by atoms with van der Waals surface area (Å²) >= 11 is 0. The van der Waals surface area contributed by atoms with Crippen molar-refractivity contribution >= 4 is 11.7 Å². The summed E-state index contributed by atoms with van der Waals surface area (Å²) in [6.07, 6.45) is -1.49. The lowest BCUT2D eigenvalue weighted by Gasteiger charge is -2.19. The highest BCUT2D eigenvalue weighted by Gasteiger charge is 2.28. The molecule has 7 nitrogen and oxygen atoms in total. The molecule has 0 saturated heterocycles. The van der Waals surface area contributed by atoms with Crippen molar-refractivity contribution in [1.82, 2.24) is 5.32 Å². The van der Waals surface area contributed by atoms with Crippen molar-refractivity contribution in [2.75, 3.05) is 13.7 Å². The monoisotopic (exact) mass is 469 g/mol. The second kappa shape index (κ2) is 11.2. The molecule has 0 fully saturated rings. The van der Waals surface area contributed by atoms with Crippen LogP contribution in [0.5, 0.6) is 17.2 Å². The van der Waals surface area contributed by atoms with Crippen LogP contribution in [0.3, 0.4) is 0 Å². The fourth-order valence-corrected chi connectivity index (χ4v) is 3.21. The summed E-state index contributed by atoms with van der Waals surface area (Å²) in [6, 6.07) is 15.2. The van der Waals surface area contributed by atoms with Crippen LogP contribution in [0.2, 0.25) is 0 Å². The van der Waals surface area contributed by atoms with Crippen molar-refractivity contribution in [3.05, 3.63) is 89.0 Å². The highest BCUT2D eigenvalue weighted by Crippen LogP contribution is 2.31. The van der Waals surface area contributed by atoms with Crippen molar-refractivity contribution in [3.8, 4) is 17.2 Å². The summed E-state index contributed by atoms with van der Waals surface area (Å²) in [5.41, 5.74) is 6.18. The van der Waals surface area contributed by atoms with Crippen LogP contribution in [0.1, 0.15) is 29.7 Å². The molecule has 0 aliphatic carbocycles. The predicted molar refractivity (Wildman–Crippen MR) is 123 cm³/mol. The normalized spacial score (nSPS) is 11.5. The molecule has 1 amide bonds. The van der Waals surface area contributed by atoms with Crippen LogP contribution in [0.25, 0.3) is 0 Å². The van der Waals surface area contributed by atoms with Gasteiger partial charge in [-0.05, 0) is 24.6 Å². The maximum Gasteiger partial charge on any atom is 0.254 e. The van der Waals surface area contributed by atoms with Gasteiger partial charge in [-0.1, -0.05) is 30.3 Å². The first-order valence-corrected chi connectivity index (χ1v) is 10.5. The second-order valence-corrected chi connectivity index (χ2v) is 7.25. The molecule has 0 bridgehead atoms. The third-order valence-corrected chi connectivity index (χ3v) is 4.89. The number of amides is 1. The van der Waals surface area contributed by atoms with Crippen LogP contribution in [0, 0.1) is 17.0 Å². The standard InChI is InChI=1S/C25H25F2N3O4/c1-3-33-23(25(31)30-14-15-7-9-16(10-8-15)24(28)29)22-20(26)12-19(13-21(22)27)34-18-6-4-5-17(11-18)32-2/h4-13,23H,3,14H2,1-2H3,(H3,28,29)(H,30,31)/t23-/m0/s1. The maximum absolute atomic E-state index is 14.9. The molecular formula is C25H25F2N3O4. The number of rotatable bonds is 10. The summed E-state index contributed by atoms with van der Waals surface area (Å²) in [6.45, 7) is 1.78. The third kappa shape index (κ3) is 6.08. The number of methoxy groups -OCH3 is 1. The minimum Gasteiger partial charge on any atom is -0.497 e. The average molecular weight is 469 g/mol. The van der Waals surface area contributed by atoms with E-state index in [1.807, 2.05) is 0 Å². The molecule has 0 aromatic heterocycles. The molecule has 4 N–H and O–H groups in total. The fraction of sp³-hybridized carbons (Fsp3) is 0.200. The first-order chi connectivity index (χ1) is 16.3. The molecule has 0 radical (unpaired) electrons. The number of halogens is 2. The van der Waals surface area contributed by atoms with Crippen LogP contribution < -0.4 is 20.5 Å². The number of nitrogen functional groups attached to an aromatic ring is 1. The van der Waals surface area contributed by atoms with E-state index < -0.39 is 29.2 Å². The first-order valence-electron chi connectivity index (χ1n) is 10.5. The highest BCUT2D eigenvalue weighted by atomic mass is 19.1. The number of hydrogen-bond donors (Lipinski definition) is 3. The van der Waals surface area contributed by atoms with E-state index in [1.54, 1.807) is 55.5 Å². The number of hydrogen-bond acceptors (Lipinski definition) is 5. The molecule has 178 valence electrons. The van der Waals surface area contributed by atoms with Crippen LogP contribution >= 0.6 is 0 Å². The van der Waals surface area contributed by atoms with E-state index in [4.69, 9.17) is 25.4 Å². The van der Waals surface area contributed by atoms with Gasteiger partial charge in [0, 0.05) is 36.9 Å². The first kappa shape index (κ1) is 24.7. The SMILES string of the molecule is CCO[C@H](C(=O)NCc1ccc(C(=N)N)cc1)c1c(F)cc(Oc2cccc(OC)c2)cc1F. The average Bonchev–Trinajstić information content (AvgIpc) is 2.82. The molecule has 34 heavy (non-hydrogen) atoms. The Hall–Kier alpha value is -3.98. The Morgan fingerprint density at radius 3 is 2.26 bits per heavy atom. The van der Waals surface area contributed by atoms with Gasteiger partial charge in [-0.3, -0.25) is 10.2 Å². The van der Waals surface area contributed by atoms with Crippen molar-refractivity contribution < 1.29 is 27.8 Å². The minimum absolute atomic E-state index is 0.0618. The summed E-state index contributed by atoms with van der Waals surface area (Å²) in [4.78, 5) is 12.8. The second-order valence-electron chi connectivity index (χ2n) is 7.25. The molecule has 0 saturated carbocycles. The zero-order valence-corrected chi connectivity index (χ0v) is 18.7. The molecule has 0 unspecified atom stereocenters. The number of carbonyl (C=O) groups excluding carboxylic acids is 1. The van der Waals surface area contributed by atoms with Gasteiger partial charge in [0.2, 0.25) is 0 Å². The van der Waals surface area contributed by atoms with Crippen LogP contribution in [0.15, 0.2) is 60.7 Å². The van der Waals surface area contributed by atoms with Crippen LogP contribution in [-0.2, 0) is 16.1 Å². The van der Waals surface area contributed by atoms with E-state index in [-0.39, 0.29) is 24.7 Å². The van der Waals surface area contributed by atoms with Crippen molar-refractivity contribution in [2.24, 2.45) is 5.73 Å². The lowest BCUT2D eigenvalue weighted by molar-refractivity contribution is -0.133. The Morgan fingerprint density at radius 2 is 1.68 bits per heavy atom. The summed E-state index contributed by atoms with van der Waals surface area (Å²) < 4.78 is 45.9. The highest BCUT2D eigenvalue weighted by molar-refractivity contribution is 5.94. The van der Waals surface area contributed by atoms with Crippen LogP contribution in [-0.4, -0.2) is 25.5 Å². The number of nitrogens with two attached hydrogens (primary N) is 1. The van der Waals surface area contributed by atoms with Gasteiger partial charge in [0.1, 0.15) is 34.7 Å². The Labute approximate surface area is 196 Å². The lowest BCUT2D eigenvalue weighted by atomic mass is 10.1. The molecule has 0 aliphatic heterocycles. The number of carbonyl (C=O) groups is 1. The van der Waals surface area contributed by atoms with Crippen LogP contribution in [0.4, 0.5) is 8.78 Å². The molecule has 3 aromatic rings. The summed E-state index contributed by atoms with van der Waals surface area (Å²) in [5.74, 6) is -1.93. The van der Waals surface area contributed by atoms with E-state index in [2.05, 4.69) is 5.32 Å². The Kier molecular flexibility index (Phi) is 8.15. The van der Waals surface area contributed by atoms with E-state index in [9.17, 15) is 13.6 Å². The molecule has 1 atom stereocenters. The summed E-state index contributed by atoms with van der Waals surface area (Å²) in [5, 5.41) is 10.0. The zero-order chi connectivity index (χ0) is 24.7. The van der Waals surface area contributed by atoms with Gasteiger partial charge in [0.15, 0.2) is 6.10 Å². The molecule has 3 aromatic carbocycles. The largest absolute Gasteiger partial charge is 0.497 e. The number of benzene rings is 3. The maximum atomic E-state index is 14.9. The smallest absolute Gasteiger partial charge is 0.254 e. The van der Waals surface area contributed by atoms with Gasteiger partial charge in [0.05, 0.1) is 12.7 Å². The van der Waals surface area contributed by atoms with E-state index in [1.165, 1.54) is 7.11 Å². The van der Waals surface area contributed by atoms with Gasteiger partial charge in [-0.15, -0.1) is 0 Å². The fourth-order valence-electron chi connectivity index (χ4n) is 3.21. The van der Waals surface area contributed by atoms with E-state index in [0.29, 0.717) is 17.1 Å². The number of ether oxygens (including phenoxy) is 3. The molecule has 3 rings (SSSR count). The Balaban J connectivity index is 1.77. The third-order valence-electron chi connectivity index (χ3n) is 4.89. The van der Waals surface area contributed by atoms with Gasteiger partial charge in [0.25, 0.3) is 5.91 Å². The van der Waals surface area contributed by atoms with Gasteiger partial charge >= 0.3 is 0 Å². The predicted octanol–water partition coefficient (Wildman–Crippen LogP) is 4.44. The van der Waals surface area contributed by atoms with Gasteiger partial charge < -0.3 is 25.3 Å². The molecule has 9 heteroatoms. The Morgan fingerprint density at radius 1 is 1.03 bits per heavy atom. The zero-order valence-electron chi connectivity index (χ0n) is 18.7. The van der Waals surface area contributed by atoms with Crippen molar-refractivity contribution in [2.45, 2.75) is 19.6 Å².